The molecular formula is C9H14Br2O. The van der Waals surface area contributed by atoms with Crippen LogP contribution < -0.4 is 0 Å². The van der Waals surface area contributed by atoms with E-state index in [1.54, 1.807) is 0 Å². The van der Waals surface area contributed by atoms with Gasteiger partial charge in [0.2, 0.25) is 0 Å². The summed E-state index contributed by atoms with van der Waals surface area (Å²) in [5.41, 5.74) is 0.438. The summed E-state index contributed by atoms with van der Waals surface area (Å²) in [4.78, 5) is 0. The van der Waals surface area contributed by atoms with Crippen molar-refractivity contribution in [2.45, 2.75) is 48.6 Å². The maximum atomic E-state index is 5.90. The van der Waals surface area contributed by atoms with Crippen LogP contribution in [0.5, 0.6) is 0 Å². The van der Waals surface area contributed by atoms with Crippen molar-refractivity contribution in [2.24, 2.45) is 5.41 Å². The van der Waals surface area contributed by atoms with Crippen LogP contribution in [-0.2, 0) is 4.74 Å². The molecule has 2 fully saturated rings. The molecule has 0 aromatic rings. The Bertz CT molecular complexity index is 219. The minimum Gasteiger partial charge on any atom is -0.372 e. The largest absolute Gasteiger partial charge is 0.372 e. The molecule has 12 heavy (non-hydrogen) atoms. The predicted molar refractivity (Wildman–Crippen MR) is 56.9 cm³/mol. The Morgan fingerprint density at radius 3 is 2.08 bits per heavy atom. The Labute approximate surface area is 90.5 Å². The molecule has 2 aliphatic carbocycles. The summed E-state index contributed by atoms with van der Waals surface area (Å²) in [5.74, 6) is 0. The van der Waals surface area contributed by atoms with Crippen LogP contribution in [0, 0.1) is 5.41 Å². The monoisotopic (exact) mass is 296 g/mol. The minimum atomic E-state index is 0.00678. The van der Waals surface area contributed by atoms with E-state index in [-0.39, 0.29) is 8.83 Å². The summed E-state index contributed by atoms with van der Waals surface area (Å²) in [5, 5.41) is 0. The van der Waals surface area contributed by atoms with E-state index in [0.29, 0.717) is 11.5 Å². The zero-order valence-corrected chi connectivity index (χ0v) is 10.8. The summed E-state index contributed by atoms with van der Waals surface area (Å²) < 4.78 is 6.10. The third-order valence-corrected chi connectivity index (χ3v) is 4.78. The molecule has 0 saturated heterocycles. The van der Waals surface area contributed by atoms with E-state index >= 15 is 0 Å². The van der Waals surface area contributed by atoms with E-state index in [9.17, 15) is 0 Å². The second kappa shape index (κ2) is 2.29. The summed E-state index contributed by atoms with van der Waals surface area (Å²) in [7, 11) is 0. The van der Waals surface area contributed by atoms with Crippen molar-refractivity contribution in [2.75, 3.05) is 0 Å². The molecule has 0 heterocycles. The molecule has 0 radical (unpaired) electrons. The molecule has 0 aromatic heterocycles. The van der Waals surface area contributed by atoms with Gasteiger partial charge < -0.3 is 4.74 Å². The van der Waals surface area contributed by atoms with Crippen molar-refractivity contribution in [1.82, 2.24) is 0 Å². The van der Waals surface area contributed by atoms with Crippen LogP contribution in [0.25, 0.3) is 0 Å². The van der Waals surface area contributed by atoms with E-state index in [4.69, 9.17) is 4.74 Å². The van der Waals surface area contributed by atoms with Crippen LogP contribution >= 0.6 is 31.9 Å². The van der Waals surface area contributed by atoms with Gasteiger partial charge in [-0.05, 0) is 33.6 Å². The van der Waals surface area contributed by atoms with Crippen molar-refractivity contribution in [3.8, 4) is 0 Å². The number of ether oxygens (including phenoxy) is 1. The molecule has 3 heteroatoms. The van der Waals surface area contributed by atoms with Gasteiger partial charge in [0, 0.05) is 5.41 Å². The number of rotatable bonds is 1. The molecule has 2 unspecified atom stereocenters. The quantitative estimate of drug-likeness (QED) is 0.674. The highest BCUT2D eigenvalue weighted by atomic mass is 79.9. The van der Waals surface area contributed by atoms with Gasteiger partial charge in [-0.25, -0.2) is 0 Å². The molecule has 0 aliphatic heterocycles. The molecule has 0 N–H and O–H groups in total. The lowest BCUT2D eigenvalue weighted by Gasteiger charge is -2.19. The average Bonchev–Trinajstić information content (AvgIpc) is 2.48. The molecule has 2 atom stereocenters. The van der Waals surface area contributed by atoms with Gasteiger partial charge in [-0.3, -0.25) is 0 Å². The Hall–Kier alpha value is 0.920. The van der Waals surface area contributed by atoms with Gasteiger partial charge in [0.05, 0.1) is 14.9 Å². The molecule has 2 rings (SSSR count). The first-order valence-electron chi connectivity index (χ1n) is 4.33. The molecule has 0 amide bonds. The fourth-order valence-corrected chi connectivity index (χ4v) is 3.61. The van der Waals surface area contributed by atoms with Crippen molar-refractivity contribution < 1.29 is 4.74 Å². The van der Waals surface area contributed by atoms with Gasteiger partial charge in [0.1, 0.15) is 0 Å². The molecule has 2 aliphatic rings. The van der Waals surface area contributed by atoms with Crippen molar-refractivity contribution in [3.63, 3.8) is 0 Å². The van der Waals surface area contributed by atoms with Crippen LogP contribution in [0.1, 0.15) is 33.6 Å². The molecule has 0 aromatic carbocycles. The van der Waals surface area contributed by atoms with E-state index in [1.807, 2.05) is 0 Å². The van der Waals surface area contributed by atoms with Crippen LogP contribution in [0.2, 0.25) is 0 Å². The van der Waals surface area contributed by atoms with Crippen LogP contribution in [0.4, 0.5) is 0 Å². The maximum absolute atomic E-state index is 5.90. The zero-order valence-electron chi connectivity index (χ0n) is 7.66. The molecular weight excluding hydrogens is 284 g/mol. The van der Waals surface area contributed by atoms with E-state index in [1.165, 1.54) is 12.8 Å². The first-order valence-corrected chi connectivity index (χ1v) is 5.91. The van der Waals surface area contributed by atoms with Crippen molar-refractivity contribution in [3.05, 3.63) is 0 Å². The lowest BCUT2D eigenvalue weighted by Crippen LogP contribution is -2.21. The number of hydrogen-bond donors (Lipinski definition) is 0. The van der Waals surface area contributed by atoms with Gasteiger partial charge in [0.15, 0.2) is 0 Å². The molecule has 1 nitrogen and oxygen atoms in total. The number of halogens is 2. The third kappa shape index (κ3) is 1.38. The first-order chi connectivity index (χ1) is 5.27. The normalized spacial score (nSPS) is 43.2. The second-order valence-corrected chi connectivity index (χ2v) is 8.73. The van der Waals surface area contributed by atoms with E-state index < -0.39 is 0 Å². The summed E-state index contributed by atoms with van der Waals surface area (Å²) in [6.45, 7) is 6.35. The van der Waals surface area contributed by atoms with Gasteiger partial charge in [-0.15, -0.1) is 0 Å². The molecule has 2 saturated carbocycles. The van der Waals surface area contributed by atoms with E-state index in [0.717, 1.165) is 0 Å². The number of hydrogen-bond acceptors (Lipinski definition) is 1. The maximum Gasteiger partial charge on any atom is 0.0895 e. The third-order valence-electron chi connectivity index (χ3n) is 2.64. The fourth-order valence-electron chi connectivity index (χ4n) is 1.78. The van der Waals surface area contributed by atoms with Crippen LogP contribution in [0.3, 0.4) is 0 Å². The van der Waals surface area contributed by atoms with Crippen LogP contribution in [0.15, 0.2) is 0 Å². The van der Waals surface area contributed by atoms with Gasteiger partial charge in [-0.2, -0.15) is 0 Å². The summed E-state index contributed by atoms with van der Waals surface area (Å²) >= 11 is 7.31. The molecule has 70 valence electrons. The Balaban J connectivity index is 1.91. The highest BCUT2D eigenvalue weighted by molar-refractivity contribution is 9.25. The van der Waals surface area contributed by atoms with E-state index in [2.05, 4.69) is 52.6 Å². The average molecular weight is 298 g/mol. The first kappa shape index (κ1) is 9.47. The van der Waals surface area contributed by atoms with Gasteiger partial charge >= 0.3 is 0 Å². The zero-order chi connectivity index (χ0) is 9.20. The minimum absolute atomic E-state index is 0.00678. The predicted octanol–water partition coefficient (Wildman–Crippen LogP) is 3.45. The van der Waals surface area contributed by atoms with Crippen LogP contribution in [-0.4, -0.2) is 14.9 Å². The number of alkyl halides is 2. The summed E-state index contributed by atoms with van der Waals surface area (Å²) in [6, 6.07) is 0. The molecule has 1 spiro atoms. The molecule has 0 bridgehead atoms. The summed E-state index contributed by atoms with van der Waals surface area (Å²) in [6.07, 6.45) is 2.89. The highest BCUT2D eigenvalue weighted by Crippen LogP contribution is 2.80. The Kier molecular flexibility index (Phi) is 1.81. The van der Waals surface area contributed by atoms with Gasteiger partial charge in [-0.1, -0.05) is 31.9 Å². The Morgan fingerprint density at radius 1 is 1.33 bits per heavy atom. The lowest BCUT2D eigenvalue weighted by molar-refractivity contribution is -0.0236. The topological polar surface area (TPSA) is 9.23 Å². The van der Waals surface area contributed by atoms with Crippen molar-refractivity contribution >= 4 is 31.9 Å². The fraction of sp³-hybridized carbons (Fsp3) is 1.00. The lowest BCUT2D eigenvalue weighted by atomic mass is 10.2. The second-order valence-electron chi connectivity index (χ2n) is 4.96. The SMILES string of the molecule is CC(C)(C)OC1CC12CC2(Br)Br. The highest BCUT2D eigenvalue weighted by Gasteiger charge is 2.79. The van der Waals surface area contributed by atoms with Gasteiger partial charge in [0.25, 0.3) is 0 Å². The Morgan fingerprint density at radius 2 is 1.83 bits per heavy atom. The van der Waals surface area contributed by atoms with Crippen molar-refractivity contribution in [1.29, 1.82) is 0 Å². The standard InChI is InChI=1S/C9H14Br2O/c1-7(2,3)12-6-4-8(6)5-9(8,10)11/h6H,4-5H2,1-3H3. The smallest absolute Gasteiger partial charge is 0.0895 e.